The van der Waals surface area contributed by atoms with Crippen LogP contribution in [0.3, 0.4) is 0 Å². The molecule has 1 fully saturated rings. The lowest BCUT2D eigenvalue weighted by Crippen LogP contribution is -2.29. The molecule has 33 heavy (non-hydrogen) atoms. The van der Waals surface area contributed by atoms with Crippen molar-refractivity contribution < 1.29 is 18.8 Å². The number of benzene rings is 3. The molecule has 1 aliphatic heterocycles. The minimum atomic E-state index is -0.531. The average Bonchev–Trinajstić information content (AvgIpc) is 3.21. The van der Waals surface area contributed by atoms with Crippen molar-refractivity contribution in [2.24, 2.45) is 5.92 Å². The summed E-state index contributed by atoms with van der Waals surface area (Å²) in [5.74, 6) is -1.68. The van der Waals surface area contributed by atoms with Gasteiger partial charge in [0.25, 0.3) is 5.91 Å². The topological polar surface area (TPSA) is 78.5 Å². The molecule has 168 valence electrons. The van der Waals surface area contributed by atoms with Gasteiger partial charge in [0.15, 0.2) is 0 Å². The van der Waals surface area contributed by atoms with Gasteiger partial charge in [-0.1, -0.05) is 40.2 Å². The van der Waals surface area contributed by atoms with Crippen LogP contribution in [0.25, 0.3) is 0 Å². The Morgan fingerprint density at radius 3 is 2.42 bits per heavy atom. The van der Waals surface area contributed by atoms with Crippen molar-refractivity contribution >= 4 is 45.0 Å². The van der Waals surface area contributed by atoms with Crippen molar-refractivity contribution in [3.05, 3.63) is 94.2 Å². The van der Waals surface area contributed by atoms with Gasteiger partial charge >= 0.3 is 0 Å². The molecule has 0 bridgehead atoms. The first-order valence-corrected chi connectivity index (χ1v) is 11.2. The maximum atomic E-state index is 13.1. The molecule has 1 aliphatic rings. The number of anilines is 2. The van der Waals surface area contributed by atoms with Crippen molar-refractivity contribution in [2.75, 3.05) is 16.8 Å². The summed E-state index contributed by atoms with van der Waals surface area (Å²) >= 11 is 3.37. The van der Waals surface area contributed by atoms with E-state index in [1.807, 2.05) is 24.3 Å². The third kappa shape index (κ3) is 5.46. The molecule has 0 saturated carbocycles. The zero-order valence-electron chi connectivity index (χ0n) is 17.6. The Morgan fingerprint density at radius 1 is 1.00 bits per heavy atom. The third-order valence-corrected chi connectivity index (χ3v) is 5.96. The molecule has 1 saturated heterocycles. The van der Waals surface area contributed by atoms with Gasteiger partial charge in [0.2, 0.25) is 11.8 Å². The Hall–Kier alpha value is -3.52. The van der Waals surface area contributed by atoms with Crippen LogP contribution in [-0.2, 0) is 16.1 Å². The molecule has 1 atom stereocenters. The molecule has 0 spiro atoms. The number of hydrogen-bond acceptors (Lipinski definition) is 3. The highest BCUT2D eigenvalue weighted by atomic mass is 79.9. The number of nitrogens with zero attached hydrogens (tertiary/aromatic N) is 1. The van der Waals surface area contributed by atoms with Gasteiger partial charge in [-0.05, 0) is 54.1 Å². The van der Waals surface area contributed by atoms with Gasteiger partial charge in [-0.25, -0.2) is 4.39 Å². The third-order valence-electron chi connectivity index (χ3n) is 5.43. The number of para-hydroxylation sites is 1. The highest BCUT2D eigenvalue weighted by molar-refractivity contribution is 9.10. The normalized spacial score (nSPS) is 15.4. The quantitative estimate of drug-likeness (QED) is 0.513. The summed E-state index contributed by atoms with van der Waals surface area (Å²) in [6, 6.07) is 19.9. The SMILES string of the molecule is O=C(NCc1ccc(F)cc1)c1ccccc1NC(=O)[C@H]1CC(=O)N(c2ccc(Br)cc2)C1. The number of hydrogen-bond donors (Lipinski definition) is 2. The maximum absolute atomic E-state index is 13.1. The molecule has 1 heterocycles. The van der Waals surface area contributed by atoms with Gasteiger partial charge < -0.3 is 15.5 Å². The Balaban J connectivity index is 1.41. The molecule has 3 aromatic rings. The molecular formula is C25H21BrFN3O3. The second-order valence-electron chi connectivity index (χ2n) is 7.73. The fraction of sp³-hybridized carbons (Fsp3) is 0.160. The molecule has 0 aliphatic carbocycles. The average molecular weight is 510 g/mol. The van der Waals surface area contributed by atoms with E-state index in [1.54, 1.807) is 41.3 Å². The predicted octanol–water partition coefficient (Wildman–Crippen LogP) is 4.51. The Kier molecular flexibility index (Phi) is 6.84. The number of nitrogens with one attached hydrogen (secondary N) is 2. The van der Waals surface area contributed by atoms with Crippen LogP contribution in [0.1, 0.15) is 22.3 Å². The molecule has 6 nitrogen and oxygen atoms in total. The first-order chi connectivity index (χ1) is 15.9. The van der Waals surface area contributed by atoms with Gasteiger partial charge in [-0.3, -0.25) is 14.4 Å². The molecule has 0 radical (unpaired) electrons. The lowest BCUT2D eigenvalue weighted by Gasteiger charge is -2.17. The smallest absolute Gasteiger partial charge is 0.253 e. The van der Waals surface area contributed by atoms with Crippen LogP contribution < -0.4 is 15.5 Å². The summed E-state index contributed by atoms with van der Waals surface area (Å²) in [4.78, 5) is 39.7. The fourth-order valence-corrected chi connectivity index (χ4v) is 3.92. The molecule has 4 rings (SSSR count). The largest absolute Gasteiger partial charge is 0.348 e. The van der Waals surface area contributed by atoms with Crippen LogP contribution in [0.2, 0.25) is 0 Å². The van der Waals surface area contributed by atoms with Gasteiger partial charge in [0, 0.05) is 29.7 Å². The van der Waals surface area contributed by atoms with Crippen molar-refractivity contribution in [2.45, 2.75) is 13.0 Å². The fourth-order valence-electron chi connectivity index (χ4n) is 3.66. The van der Waals surface area contributed by atoms with E-state index in [9.17, 15) is 18.8 Å². The summed E-state index contributed by atoms with van der Waals surface area (Å²) in [6.45, 7) is 0.492. The maximum Gasteiger partial charge on any atom is 0.253 e. The lowest BCUT2D eigenvalue weighted by molar-refractivity contribution is -0.122. The van der Waals surface area contributed by atoms with Crippen LogP contribution >= 0.6 is 15.9 Å². The van der Waals surface area contributed by atoms with Crippen molar-refractivity contribution in [3.63, 3.8) is 0 Å². The molecular weight excluding hydrogens is 489 g/mol. The van der Waals surface area contributed by atoms with E-state index in [0.717, 1.165) is 15.7 Å². The number of carbonyl (C=O) groups is 3. The molecule has 0 aromatic heterocycles. The monoisotopic (exact) mass is 509 g/mol. The summed E-state index contributed by atoms with van der Waals surface area (Å²) in [7, 11) is 0. The zero-order chi connectivity index (χ0) is 23.4. The number of amides is 3. The van der Waals surface area contributed by atoms with E-state index in [-0.39, 0.29) is 43.0 Å². The Bertz CT molecular complexity index is 1180. The second-order valence-corrected chi connectivity index (χ2v) is 8.64. The standard InChI is InChI=1S/C25H21BrFN3O3/c26-18-7-11-20(12-8-18)30-15-17(13-23(30)31)24(32)29-22-4-2-1-3-21(22)25(33)28-14-16-5-9-19(27)10-6-16/h1-12,17H,13-15H2,(H,28,33)(H,29,32)/t17-/m0/s1. The first kappa shape index (κ1) is 22.7. The van der Waals surface area contributed by atoms with Gasteiger partial charge in [-0.2, -0.15) is 0 Å². The molecule has 8 heteroatoms. The van der Waals surface area contributed by atoms with E-state index in [1.165, 1.54) is 12.1 Å². The molecule has 0 unspecified atom stereocenters. The van der Waals surface area contributed by atoms with Gasteiger partial charge in [0.05, 0.1) is 17.2 Å². The van der Waals surface area contributed by atoms with Crippen molar-refractivity contribution in [1.82, 2.24) is 5.32 Å². The van der Waals surface area contributed by atoms with Crippen LogP contribution in [-0.4, -0.2) is 24.3 Å². The minimum Gasteiger partial charge on any atom is -0.348 e. The minimum absolute atomic E-state index is 0.0980. The van der Waals surface area contributed by atoms with Crippen molar-refractivity contribution in [3.8, 4) is 0 Å². The predicted molar refractivity (Wildman–Crippen MR) is 127 cm³/mol. The Morgan fingerprint density at radius 2 is 1.70 bits per heavy atom. The Labute approximate surface area is 198 Å². The second kappa shape index (κ2) is 9.95. The van der Waals surface area contributed by atoms with E-state index in [4.69, 9.17) is 0 Å². The molecule has 3 amide bonds. The van der Waals surface area contributed by atoms with Crippen molar-refractivity contribution in [1.29, 1.82) is 0 Å². The highest BCUT2D eigenvalue weighted by Gasteiger charge is 2.35. The highest BCUT2D eigenvalue weighted by Crippen LogP contribution is 2.27. The number of rotatable bonds is 6. The first-order valence-electron chi connectivity index (χ1n) is 10.4. The summed E-state index contributed by atoms with van der Waals surface area (Å²) < 4.78 is 14.0. The lowest BCUT2D eigenvalue weighted by atomic mass is 10.1. The van der Waals surface area contributed by atoms with E-state index in [0.29, 0.717) is 11.3 Å². The molecule has 2 N–H and O–H groups in total. The number of carbonyl (C=O) groups excluding carboxylic acids is 3. The number of halogens is 2. The van der Waals surface area contributed by atoms with Crippen LogP contribution in [0, 0.1) is 11.7 Å². The van der Waals surface area contributed by atoms with Crippen LogP contribution in [0.4, 0.5) is 15.8 Å². The summed E-state index contributed by atoms with van der Waals surface area (Å²) in [5.41, 5.74) is 2.17. The van der Waals surface area contributed by atoms with Gasteiger partial charge in [-0.15, -0.1) is 0 Å². The van der Waals surface area contributed by atoms with E-state index >= 15 is 0 Å². The van der Waals surface area contributed by atoms with Crippen LogP contribution in [0.5, 0.6) is 0 Å². The summed E-state index contributed by atoms with van der Waals surface area (Å²) in [6.07, 6.45) is 0.0980. The molecule has 3 aromatic carbocycles. The van der Waals surface area contributed by atoms with Crippen LogP contribution in [0.15, 0.2) is 77.3 Å². The van der Waals surface area contributed by atoms with Gasteiger partial charge in [0.1, 0.15) is 5.82 Å². The van der Waals surface area contributed by atoms with E-state index < -0.39 is 5.92 Å². The summed E-state index contributed by atoms with van der Waals surface area (Å²) in [5, 5.41) is 5.58. The zero-order valence-corrected chi connectivity index (χ0v) is 19.1. The van der Waals surface area contributed by atoms with E-state index in [2.05, 4.69) is 26.6 Å².